The molecule has 25 heavy (non-hydrogen) atoms. The summed E-state index contributed by atoms with van der Waals surface area (Å²) in [6.45, 7) is 0.863. The maximum absolute atomic E-state index is 12.6. The van der Waals surface area contributed by atoms with Gasteiger partial charge in [-0.1, -0.05) is 59.9 Å². The molecule has 0 saturated carbocycles. The monoisotopic (exact) mass is 369 g/mol. The summed E-state index contributed by atoms with van der Waals surface area (Å²) in [6, 6.07) is 16.7. The smallest absolute Gasteiger partial charge is 0.379 e. The van der Waals surface area contributed by atoms with Crippen molar-refractivity contribution in [3.05, 3.63) is 65.9 Å². The topological polar surface area (TPSA) is 51.8 Å². The summed E-state index contributed by atoms with van der Waals surface area (Å²) in [6.07, 6.45) is 0. The maximum atomic E-state index is 12.6. The Morgan fingerprint density at radius 1 is 1.16 bits per heavy atom. The van der Waals surface area contributed by atoms with Gasteiger partial charge in [-0.2, -0.15) is 0 Å². The molecule has 0 bridgehead atoms. The van der Waals surface area contributed by atoms with Crippen molar-refractivity contribution in [1.82, 2.24) is 0 Å². The van der Waals surface area contributed by atoms with Crippen LogP contribution in [-0.2, 0) is 5.75 Å². The molecule has 1 aromatic heterocycles. The van der Waals surface area contributed by atoms with Crippen LogP contribution in [0.25, 0.3) is 11.0 Å². The molecule has 1 aliphatic heterocycles. The fraction of sp³-hybridized carbons (Fsp3) is 0.158. The highest BCUT2D eigenvalue weighted by Crippen LogP contribution is 2.33. The Morgan fingerprint density at radius 3 is 2.76 bits per heavy atom. The Balaban J connectivity index is 1.64. The molecular formula is C19H15NO3S2. The number of fused-ring (bicyclic) bond motifs is 1. The Hall–Kier alpha value is -2.18. The second-order valence-corrected chi connectivity index (χ2v) is 7.70. The number of thioether (sulfide) groups is 2. The number of benzene rings is 2. The van der Waals surface area contributed by atoms with Crippen molar-refractivity contribution in [2.75, 3.05) is 12.3 Å². The van der Waals surface area contributed by atoms with Crippen LogP contribution >= 0.6 is 23.5 Å². The van der Waals surface area contributed by atoms with Gasteiger partial charge in [0.05, 0.1) is 6.54 Å². The molecule has 0 aliphatic carbocycles. The summed E-state index contributed by atoms with van der Waals surface area (Å²) in [5.74, 6) is 1.95. The average molecular weight is 369 g/mol. The first-order chi connectivity index (χ1) is 12.3. The number of carbonyl (C=O) groups excluding carboxylic acids is 1. The molecule has 0 radical (unpaired) electrons. The molecule has 0 amide bonds. The third kappa shape index (κ3) is 3.60. The number of rotatable bonds is 4. The fourth-order valence-electron chi connectivity index (χ4n) is 2.59. The molecule has 2 aromatic carbocycles. The van der Waals surface area contributed by atoms with E-state index < -0.39 is 5.97 Å². The minimum atomic E-state index is -0.473. The third-order valence-corrected chi connectivity index (χ3v) is 6.01. The van der Waals surface area contributed by atoms with Gasteiger partial charge in [0.15, 0.2) is 0 Å². The minimum Gasteiger partial charge on any atom is -0.449 e. The lowest BCUT2D eigenvalue weighted by atomic mass is 10.1. The fourth-order valence-corrected chi connectivity index (χ4v) is 4.62. The SMILES string of the molecule is O=C(Oc1ccccc1)c1oc2ccccc2c1CSC1=NCCS1. The lowest BCUT2D eigenvalue weighted by Crippen LogP contribution is -2.09. The van der Waals surface area contributed by atoms with Gasteiger partial charge >= 0.3 is 5.97 Å². The second-order valence-electron chi connectivity index (χ2n) is 5.39. The van der Waals surface area contributed by atoms with Gasteiger partial charge in [0.25, 0.3) is 0 Å². The van der Waals surface area contributed by atoms with Crippen molar-refractivity contribution in [3.63, 3.8) is 0 Å². The zero-order valence-electron chi connectivity index (χ0n) is 13.3. The average Bonchev–Trinajstić information content (AvgIpc) is 3.28. The number of furan rings is 1. The van der Waals surface area contributed by atoms with Gasteiger partial charge in [0.2, 0.25) is 5.76 Å². The van der Waals surface area contributed by atoms with Crippen molar-refractivity contribution in [2.45, 2.75) is 5.75 Å². The molecule has 6 heteroatoms. The number of nitrogens with zero attached hydrogens (tertiary/aromatic N) is 1. The molecule has 4 nitrogen and oxygen atoms in total. The number of ether oxygens (including phenoxy) is 1. The van der Waals surface area contributed by atoms with Crippen molar-refractivity contribution in [2.24, 2.45) is 4.99 Å². The van der Waals surface area contributed by atoms with Crippen LogP contribution in [-0.4, -0.2) is 22.6 Å². The summed E-state index contributed by atoms with van der Waals surface area (Å²) in [4.78, 5) is 17.1. The summed E-state index contributed by atoms with van der Waals surface area (Å²) < 4.78 is 12.3. The predicted molar refractivity (Wildman–Crippen MR) is 104 cm³/mol. The standard InChI is InChI=1S/C19H15NO3S2/c21-18(22-13-6-2-1-3-7-13)17-15(12-25-19-20-10-11-24-19)14-8-4-5-9-16(14)23-17/h1-9H,10-12H2. The zero-order chi connectivity index (χ0) is 17.1. The summed E-state index contributed by atoms with van der Waals surface area (Å²) in [5, 5.41) is 0.943. The lowest BCUT2D eigenvalue weighted by molar-refractivity contribution is 0.0702. The van der Waals surface area contributed by atoms with Crippen molar-refractivity contribution < 1.29 is 13.9 Å². The highest BCUT2D eigenvalue weighted by molar-refractivity contribution is 8.38. The molecule has 0 N–H and O–H groups in total. The highest BCUT2D eigenvalue weighted by atomic mass is 32.2. The van der Waals surface area contributed by atoms with Crippen LogP contribution in [0, 0.1) is 0 Å². The van der Waals surface area contributed by atoms with E-state index in [9.17, 15) is 4.79 Å². The molecule has 0 fully saturated rings. The van der Waals surface area contributed by atoms with E-state index >= 15 is 0 Å². The summed E-state index contributed by atoms with van der Waals surface area (Å²) >= 11 is 3.39. The molecule has 4 rings (SSSR count). The molecule has 1 aliphatic rings. The molecule has 0 atom stereocenters. The number of hydrogen-bond acceptors (Lipinski definition) is 6. The summed E-state index contributed by atoms with van der Waals surface area (Å²) in [5.41, 5.74) is 1.55. The van der Waals surface area contributed by atoms with Crippen molar-refractivity contribution >= 4 is 44.8 Å². The molecular weight excluding hydrogens is 354 g/mol. The first kappa shape index (κ1) is 16.3. The normalized spacial score (nSPS) is 13.8. The molecule has 3 aromatic rings. The third-order valence-electron chi connectivity index (χ3n) is 3.74. The van der Waals surface area contributed by atoms with E-state index in [1.54, 1.807) is 35.7 Å². The number of aliphatic imine (C=N–C) groups is 1. The maximum Gasteiger partial charge on any atom is 0.379 e. The van der Waals surface area contributed by atoms with E-state index in [0.29, 0.717) is 17.1 Å². The van der Waals surface area contributed by atoms with Crippen molar-refractivity contribution in [1.29, 1.82) is 0 Å². The van der Waals surface area contributed by atoms with E-state index in [1.807, 2.05) is 42.5 Å². The van der Waals surface area contributed by atoms with Gasteiger partial charge in [-0.05, 0) is 18.2 Å². The first-order valence-corrected chi connectivity index (χ1v) is 9.86. The van der Waals surface area contributed by atoms with Gasteiger partial charge in [-0.3, -0.25) is 4.99 Å². The molecule has 0 spiro atoms. The number of para-hydroxylation sites is 2. The Labute approximate surface area is 153 Å². The second kappa shape index (κ2) is 7.37. The van der Waals surface area contributed by atoms with E-state index in [2.05, 4.69) is 4.99 Å². The highest BCUT2D eigenvalue weighted by Gasteiger charge is 2.23. The van der Waals surface area contributed by atoms with Crippen LogP contribution in [0.1, 0.15) is 16.1 Å². The zero-order valence-corrected chi connectivity index (χ0v) is 14.9. The van der Waals surface area contributed by atoms with Crippen LogP contribution < -0.4 is 4.74 Å². The van der Waals surface area contributed by atoms with Crippen molar-refractivity contribution in [3.8, 4) is 5.75 Å². The van der Waals surface area contributed by atoms with E-state index in [0.717, 1.165) is 27.6 Å². The van der Waals surface area contributed by atoms with Gasteiger partial charge < -0.3 is 9.15 Å². The van der Waals surface area contributed by atoms with Crippen LogP contribution in [0.15, 0.2) is 64.0 Å². The quantitative estimate of drug-likeness (QED) is 0.479. The van der Waals surface area contributed by atoms with Gasteiger partial charge in [-0.25, -0.2) is 4.79 Å². The lowest BCUT2D eigenvalue weighted by Gasteiger charge is -2.04. The summed E-state index contributed by atoms with van der Waals surface area (Å²) in [7, 11) is 0. The predicted octanol–water partition coefficient (Wildman–Crippen LogP) is 4.99. The van der Waals surface area contributed by atoms with Crippen LogP contribution in [0.2, 0.25) is 0 Å². The van der Waals surface area contributed by atoms with Crippen LogP contribution in [0.5, 0.6) is 5.75 Å². The molecule has 2 heterocycles. The van der Waals surface area contributed by atoms with Gasteiger partial charge in [-0.15, -0.1) is 0 Å². The molecule has 0 saturated heterocycles. The number of carbonyl (C=O) groups is 1. The van der Waals surface area contributed by atoms with Gasteiger partial charge in [0, 0.05) is 22.5 Å². The largest absolute Gasteiger partial charge is 0.449 e. The van der Waals surface area contributed by atoms with E-state index in [-0.39, 0.29) is 5.76 Å². The number of esters is 1. The van der Waals surface area contributed by atoms with Crippen LogP contribution in [0.4, 0.5) is 0 Å². The number of hydrogen-bond donors (Lipinski definition) is 0. The molecule has 126 valence electrons. The molecule has 0 unspecified atom stereocenters. The van der Waals surface area contributed by atoms with Crippen LogP contribution in [0.3, 0.4) is 0 Å². The Morgan fingerprint density at radius 2 is 1.96 bits per heavy atom. The minimum absolute atomic E-state index is 0.265. The Kier molecular flexibility index (Phi) is 4.81. The Bertz CT molecular complexity index is 934. The first-order valence-electron chi connectivity index (χ1n) is 7.89. The van der Waals surface area contributed by atoms with Gasteiger partial charge in [0.1, 0.15) is 15.7 Å². The van der Waals surface area contributed by atoms with E-state index in [1.165, 1.54) is 0 Å². The van der Waals surface area contributed by atoms with E-state index in [4.69, 9.17) is 9.15 Å².